The molecular weight excluding hydrogens is 234 g/mol. The van der Waals surface area contributed by atoms with Crippen LogP contribution in [0.4, 0.5) is 0 Å². The van der Waals surface area contributed by atoms with E-state index in [1.807, 2.05) is 0 Å². The zero-order chi connectivity index (χ0) is 12.3. The second kappa shape index (κ2) is 5.62. The molecule has 0 aromatic carbocycles. The fourth-order valence-corrected chi connectivity index (χ4v) is 2.24. The molecule has 1 aliphatic rings. The van der Waals surface area contributed by atoms with E-state index >= 15 is 0 Å². The second-order valence-electron chi connectivity index (χ2n) is 3.58. The minimum atomic E-state index is -3.95. The summed E-state index contributed by atoms with van der Waals surface area (Å²) in [5.41, 5.74) is 0. The third-order valence-corrected chi connectivity index (χ3v) is 3.71. The Morgan fingerprint density at radius 3 is 2.75 bits per heavy atom. The minimum Gasteiger partial charge on any atom is -0.778 e. The molecule has 0 amide bonds. The lowest BCUT2D eigenvalue weighted by Crippen LogP contribution is -2.37. The van der Waals surface area contributed by atoms with Crippen molar-refractivity contribution in [1.82, 2.24) is 0 Å². The van der Waals surface area contributed by atoms with Crippen LogP contribution in [-0.2, 0) is 18.6 Å². The Morgan fingerprint density at radius 1 is 1.62 bits per heavy atom. The lowest BCUT2D eigenvalue weighted by Gasteiger charge is -2.29. The van der Waals surface area contributed by atoms with E-state index in [9.17, 15) is 14.6 Å². The van der Waals surface area contributed by atoms with E-state index < -0.39 is 31.9 Å². The van der Waals surface area contributed by atoms with Crippen LogP contribution in [0.3, 0.4) is 0 Å². The molecule has 0 aliphatic carbocycles. The highest BCUT2D eigenvalue weighted by molar-refractivity contribution is 7.51. The summed E-state index contributed by atoms with van der Waals surface area (Å²) in [6, 6.07) is -0.956. The Bertz CT molecular complexity index is 275. The molecule has 1 N–H and O–H groups in total. The van der Waals surface area contributed by atoms with Crippen LogP contribution < -0.4 is 4.89 Å². The van der Waals surface area contributed by atoms with Crippen molar-refractivity contribution in [2.24, 2.45) is 0 Å². The lowest BCUT2D eigenvalue weighted by molar-refractivity contribution is -0.206. The topological polar surface area (TPSA) is 88.1 Å². The van der Waals surface area contributed by atoms with Crippen LogP contribution in [0.1, 0.15) is 6.92 Å². The first-order chi connectivity index (χ1) is 7.41. The molecule has 2 unspecified atom stereocenters. The van der Waals surface area contributed by atoms with Gasteiger partial charge in [0.1, 0.15) is 33.8 Å². The summed E-state index contributed by atoms with van der Waals surface area (Å²) in [6.45, 7) is 1.57. The summed E-state index contributed by atoms with van der Waals surface area (Å²) in [4.78, 5) is 11.3. The predicted molar refractivity (Wildman–Crippen MR) is 55.3 cm³/mol. The van der Waals surface area contributed by atoms with Crippen molar-refractivity contribution in [3.63, 3.8) is 0 Å². The number of hydrogen-bond donors (Lipinski definition) is 1. The maximum atomic E-state index is 11.3. The maximum Gasteiger partial charge on any atom is 0.135 e. The molecule has 0 spiro atoms. The molecule has 16 heavy (non-hydrogen) atoms. The van der Waals surface area contributed by atoms with Gasteiger partial charge in [0.25, 0.3) is 0 Å². The summed E-state index contributed by atoms with van der Waals surface area (Å²) in [5.74, 6) is 0. The van der Waals surface area contributed by atoms with E-state index in [4.69, 9.17) is 21.8 Å². The number of methoxy groups -OCH3 is 1. The molecule has 0 saturated carbocycles. The minimum absolute atomic E-state index is 0.110. The molecule has 6 nitrogen and oxygen atoms in total. The van der Waals surface area contributed by atoms with Gasteiger partial charge in [-0.05, 0) is 0 Å². The second-order valence-corrected chi connectivity index (χ2v) is 5.65. The predicted octanol–water partition coefficient (Wildman–Crippen LogP) is -1.15. The van der Waals surface area contributed by atoms with Crippen molar-refractivity contribution in [3.05, 3.63) is 0 Å². The van der Waals surface area contributed by atoms with E-state index in [-0.39, 0.29) is 12.8 Å². The highest BCUT2D eigenvalue weighted by Gasteiger charge is 2.43. The highest BCUT2D eigenvalue weighted by Crippen LogP contribution is 2.41. The number of rotatable bonds is 5. The molecular formula is C8H15BO6P-. The van der Waals surface area contributed by atoms with Crippen LogP contribution in [0.5, 0.6) is 0 Å². The quantitative estimate of drug-likeness (QED) is 0.488. The normalized spacial score (nSPS) is 38.5. The Kier molecular flexibility index (Phi) is 4.97. The van der Waals surface area contributed by atoms with Crippen molar-refractivity contribution in [2.75, 3.05) is 19.9 Å². The number of hydrogen-bond acceptors (Lipinski definition) is 6. The van der Waals surface area contributed by atoms with Crippen molar-refractivity contribution in [3.8, 4) is 0 Å². The molecule has 0 aromatic heterocycles. The van der Waals surface area contributed by atoms with Gasteiger partial charge in [-0.25, -0.2) is 0 Å². The largest absolute Gasteiger partial charge is 0.778 e. The summed E-state index contributed by atoms with van der Waals surface area (Å²) in [7, 11) is 2.94. The number of aliphatic hydroxyl groups excluding tert-OH is 1. The van der Waals surface area contributed by atoms with Crippen molar-refractivity contribution < 1.29 is 28.6 Å². The Morgan fingerprint density at radius 2 is 2.25 bits per heavy atom. The molecule has 92 valence electrons. The Labute approximate surface area is 95.8 Å². The van der Waals surface area contributed by atoms with Crippen LogP contribution in [0.15, 0.2) is 0 Å². The molecule has 0 aromatic rings. The molecule has 1 fully saturated rings. The summed E-state index contributed by atoms with van der Waals surface area (Å²) in [5, 5.41) is 9.62. The smallest absolute Gasteiger partial charge is 0.135 e. The van der Waals surface area contributed by atoms with Crippen LogP contribution in [0.25, 0.3) is 0 Å². The zero-order valence-corrected chi connectivity index (χ0v) is 10.1. The van der Waals surface area contributed by atoms with Gasteiger partial charge in [0.15, 0.2) is 0 Å². The first-order valence-electron chi connectivity index (χ1n) is 4.97. The van der Waals surface area contributed by atoms with Crippen LogP contribution in [0, 0.1) is 0 Å². The molecule has 1 rings (SSSR count). The molecule has 5 atom stereocenters. The number of ether oxygens (including phenoxy) is 2. The van der Waals surface area contributed by atoms with Gasteiger partial charge >= 0.3 is 0 Å². The molecule has 1 saturated heterocycles. The van der Waals surface area contributed by atoms with Gasteiger partial charge in [-0.2, -0.15) is 0 Å². The van der Waals surface area contributed by atoms with Crippen LogP contribution in [-0.4, -0.2) is 57.1 Å². The van der Waals surface area contributed by atoms with Crippen LogP contribution in [0.2, 0.25) is 0 Å². The van der Waals surface area contributed by atoms with Gasteiger partial charge in [0, 0.05) is 19.3 Å². The van der Waals surface area contributed by atoms with Crippen LogP contribution >= 0.6 is 7.60 Å². The van der Waals surface area contributed by atoms with Crippen molar-refractivity contribution in [2.45, 2.75) is 31.2 Å². The monoisotopic (exact) mass is 249 g/mol. The first kappa shape index (κ1) is 14.2. The molecule has 8 heteroatoms. The SMILES string of the molecule is [B][C@@H]1O[C@H](COC)[C@H](OP(=O)([O-])CC)C1O. The van der Waals surface area contributed by atoms with E-state index in [1.54, 1.807) is 0 Å². The average molecular weight is 249 g/mol. The summed E-state index contributed by atoms with van der Waals surface area (Å²) >= 11 is 0. The summed E-state index contributed by atoms with van der Waals surface area (Å²) in [6.07, 6.45) is -3.00. The fraction of sp³-hybridized carbons (Fsp3) is 1.00. The van der Waals surface area contributed by atoms with Gasteiger partial charge in [0.05, 0.1) is 6.61 Å². The van der Waals surface area contributed by atoms with E-state index in [1.165, 1.54) is 14.0 Å². The molecule has 1 aliphatic heterocycles. The molecule has 0 bridgehead atoms. The summed E-state index contributed by atoms with van der Waals surface area (Å²) < 4.78 is 26.1. The third-order valence-electron chi connectivity index (χ3n) is 2.37. The fourth-order valence-electron chi connectivity index (χ4n) is 1.46. The van der Waals surface area contributed by atoms with Gasteiger partial charge < -0.3 is 28.6 Å². The van der Waals surface area contributed by atoms with E-state index in [0.29, 0.717) is 0 Å². The maximum absolute atomic E-state index is 11.3. The Balaban J connectivity index is 2.70. The van der Waals surface area contributed by atoms with Crippen molar-refractivity contribution >= 4 is 15.4 Å². The van der Waals surface area contributed by atoms with Gasteiger partial charge in [-0.1, -0.05) is 6.92 Å². The van der Waals surface area contributed by atoms with Gasteiger partial charge in [-0.3, -0.25) is 0 Å². The highest BCUT2D eigenvalue weighted by atomic mass is 31.2. The number of aliphatic hydroxyl groups is 1. The molecule has 1 heterocycles. The third kappa shape index (κ3) is 3.29. The first-order valence-corrected chi connectivity index (χ1v) is 6.70. The Hall–Kier alpha value is 0.0949. The standard InChI is InChI=1S/C8H16BO6P/c1-3-16(11,12)15-7-5(4-13-2)14-8(9)6(7)10/h5-8,10H,3-4H2,1-2H3,(H,11,12)/p-1/t5-,6?,7+,8-/m1/s1. The van der Waals surface area contributed by atoms with Gasteiger partial charge in [0.2, 0.25) is 0 Å². The zero-order valence-electron chi connectivity index (χ0n) is 9.24. The van der Waals surface area contributed by atoms with Crippen molar-refractivity contribution in [1.29, 1.82) is 0 Å². The molecule has 2 radical (unpaired) electrons. The van der Waals surface area contributed by atoms with E-state index in [2.05, 4.69) is 0 Å². The lowest BCUT2D eigenvalue weighted by atomic mass is 9.93. The van der Waals surface area contributed by atoms with Gasteiger partial charge in [-0.15, -0.1) is 0 Å². The average Bonchev–Trinajstić information content (AvgIpc) is 2.47. The van der Waals surface area contributed by atoms with E-state index in [0.717, 1.165) is 0 Å².